The lowest BCUT2D eigenvalue weighted by molar-refractivity contribution is 0.278. The van der Waals surface area contributed by atoms with Gasteiger partial charge in [0.25, 0.3) is 0 Å². The van der Waals surface area contributed by atoms with Crippen LogP contribution in [0.2, 0.25) is 0 Å². The van der Waals surface area contributed by atoms with Gasteiger partial charge in [-0.25, -0.2) is 0 Å². The SMILES string of the molecule is CC1CCC2CCCCCCCCCCCC12. The zero-order valence-electron chi connectivity index (χ0n) is 11.9. The second-order valence-corrected chi connectivity index (χ2v) is 6.74. The Morgan fingerprint density at radius 1 is 0.529 bits per heavy atom. The summed E-state index contributed by atoms with van der Waals surface area (Å²) in [5.41, 5.74) is 0. The van der Waals surface area contributed by atoms with Gasteiger partial charge in [-0.3, -0.25) is 0 Å². The molecule has 0 amide bonds. The minimum atomic E-state index is 1.03. The average Bonchev–Trinajstić information content (AvgIpc) is 2.68. The summed E-state index contributed by atoms with van der Waals surface area (Å²) in [4.78, 5) is 0. The van der Waals surface area contributed by atoms with Gasteiger partial charge in [0, 0.05) is 0 Å². The Labute approximate surface area is 109 Å². The minimum Gasteiger partial charge on any atom is -0.0622 e. The molecule has 0 spiro atoms. The molecule has 100 valence electrons. The molecule has 0 heterocycles. The molecule has 2 saturated carbocycles. The number of hydrogen-bond donors (Lipinski definition) is 0. The van der Waals surface area contributed by atoms with E-state index in [1.54, 1.807) is 19.3 Å². The highest BCUT2D eigenvalue weighted by Crippen LogP contribution is 2.42. The summed E-state index contributed by atoms with van der Waals surface area (Å²) < 4.78 is 0. The van der Waals surface area contributed by atoms with Gasteiger partial charge in [-0.1, -0.05) is 77.6 Å². The maximum Gasteiger partial charge on any atom is -0.0360 e. The van der Waals surface area contributed by atoms with Gasteiger partial charge in [0.2, 0.25) is 0 Å². The fourth-order valence-electron chi connectivity index (χ4n) is 4.27. The molecular formula is C17H32. The molecule has 2 fully saturated rings. The van der Waals surface area contributed by atoms with Crippen molar-refractivity contribution in [3.05, 3.63) is 0 Å². The largest absolute Gasteiger partial charge is 0.0622 e. The molecule has 2 aliphatic rings. The molecule has 0 bridgehead atoms. The summed E-state index contributed by atoms with van der Waals surface area (Å²) in [5, 5.41) is 0. The highest BCUT2D eigenvalue weighted by Gasteiger charge is 2.31. The molecule has 0 aromatic carbocycles. The average molecular weight is 236 g/mol. The van der Waals surface area contributed by atoms with E-state index in [9.17, 15) is 0 Å². The van der Waals surface area contributed by atoms with Crippen LogP contribution in [0.5, 0.6) is 0 Å². The number of rotatable bonds is 0. The van der Waals surface area contributed by atoms with Crippen LogP contribution in [0.1, 0.15) is 90.4 Å². The van der Waals surface area contributed by atoms with E-state index in [4.69, 9.17) is 0 Å². The zero-order valence-corrected chi connectivity index (χ0v) is 11.9. The molecule has 3 atom stereocenters. The van der Waals surface area contributed by atoms with Crippen LogP contribution >= 0.6 is 0 Å². The first-order valence-corrected chi connectivity index (χ1v) is 8.38. The Kier molecular flexibility index (Phi) is 5.88. The Hall–Kier alpha value is 0. The third-order valence-electron chi connectivity index (χ3n) is 5.44. The first-order valence-electron chi connectivity index (χ1n) is 8.38. The maximum atomic E-state index is 2.52. The van der Waals surface area contributed by atoms with E-state index in [1.807, 2.05) is 0 Å². The fraction of sp³-hybridized carbons (Fsp3) is 1.00. The van der Waals surface area contributed by atoms with E-state index in [-0.39, 0.29) is 0 Å². The van der Waals surface area contributed by atoms with Crippen LogP contribution in [-0.4, -0.2) is 0 Å². The third-order valence-corrected chi connectivity index (χ3v) is 5.44. The summed E-state index contributed by atoms with van der Waals surface area (Å²) in [6.07, 6.45) is 19.8. The fourth-order valence-corrected chi connectivity index (χ4v) is 4.27. The molecule has 0 heteroatoms. The van der Waals surface area contributed by atoms with Crippen LogP contribution in [0, 0.1) is 17.8 Å². The van der Waals surface area contributed by atoms with Gasteiger partial charge in [-0.2, -0.15) is 0 Å². The molecule has 0 N–H and O–H groups in total. The first-order chi connectivity index (χ1) is 8.38. The van der Waals surface area contributed by atoms with E-state index < -0.39 is 0 Å². The third kappa shape index (κ3) is 4.30. The Balaban J connectivity index is 1.81. The molecular weight excluding hydrogens is 204 g/mol. The normalized spacial score (nSPS) is 37.6. The Morgan fingerprint density at radius 2 is 1.06 bits per heavy atom. The van der Waals surface area contributed by atoms with Crippen LogP contribution in [0.15, 0.2) is 0 Å². The van der Waals surface area contributed by atoms with Crippen molar-refractivity contribution >= 4 is 0 Å². The first kappa shape index (κ1) is 13.4. The van der Waals surface area contributed by atoms with Crippen LogP contribution in [0.3, 0.4) is 0 Å². The molecule has 3 unspecified atom stereocenters. The number of fused-ring (bicyclic) bond motifs is 1. The van der Waals surface area contributed by atoms with Crippen LogP contribution in [-0.2, 0) is 0 Å². The molecule has 0 aromatic heterocycles. The predicted molar refractivity (Wildman–Crippen MR) is 76.2 cm³/mol. The minimum absolute atomic E-state index is 1.03. The van der Waals surface area contributed by atoms with Crippen LogP contribution in [0.25, 0.3) is 0 Å². The van der Waals surface area contributed by atoms with Crippen molar-refractivity contribution in [1.29, 1.82) is 0 Å². The lowest BCUT2D eigenvalue weighted by atomic mass is 9.83. The second-order valence-electron chi connectivity index (χ2n) is 6.74. The van der Waals surface area contributed by atoms with Gasteiger partial charge in [0.05, 0.1) is 0 Å². The maximum absolute atomic E-state index is 2.52. The van der Waals surface area contributed by atoms with Crippen molar-refractivity contribution in [1.82, 2.24) is 0 Å². The van der Waals surface area contributed by atoms with Gasteiger partial charge in [0.1, 0.15) is 0 Å². The van der Waals surface area contributed by atoms with Gasteiger partial charge in [-0.15, -0.1) is 0 Å². The van der Waals surface area contributed by atoms with Crippen molar-refractivity contribution in [2.45, 2.75) is 90.4 Å². The smallest absolute Gasteiger partial charge is 0.0360 e. The zero-order chi connectivity index (χ0) is 11.9. The predicted octanol–water partition coefficient (Wildman–Crippen LogP) is 5.95. The van der Waals surface area contributed by atoms with Crippen molar-refractivity contribution in [3.8, 4) is 0 Å². The molecule has 17 heavy (non-hydrogen) atoms. The van der Waals surface area contributed by atoms with E-state index >= 15 is 0 Å². The van der Waals surface area contributed by atoms with Crippen LogP contribution < -0.4 is 0 Å². The molecule has 2 rings (SSSR count). The molecule has 0 nitrogen and oxygen atoms in total. The summed E-state index contributed by atoms with van der Waals surface area (Å²) in [6.45, 7) is 2.52. The molecule has 0 radical (unpaired) electrons. The van der Waals surface area contributed by atoms with E-state index in [1.165, 1.54) is 64.2 Å². The highest BCUT2D eigenvalue weighted by atomic mass is 14.4. The lowest BCUT2D eigenvalue weighted by Crippen LogP contribution is -2.13. The molecule has 0 aromatic rings. The van der Waals surface area contributed by atoms with Crippen molar-refractivity contribution in [2.75, 3.05) is 0 Å². The lowest BCUT2D eigenvalue weighted by Gasteiger charge is -2.23. The molecule has 2 aliphatic carbocycles. The van der Waals surface area contributed by atoms with Gasteiger partial charge in [0.15, 0.2) is 0 Å². The van der Waals surface area contributed by atoms with Crippen molar-refractivity contribution in [3.63, 3.8) is 0 Å². The summed E-state index contributed by atoms with van der Waals surface area (Å²) >= 11 is 0. The summed E-state index contributed by atoms with van der Waals surface area (Å²) in [7, 11) is 0. The van der Waals surface area contributed by atoms with Crippen molar-refractivity contribution in [2.24, 2.45) is 17.8 Å². The monoisotopic (exact) mass is 236 g/mol. The Bertz CT molecular complexity index is 196. The quantitative estimate of drug-likeness (QED) is 0.487. The van der Waals surface area contributed by atoms with Gasteiger partial charge >= 0.3 is 0 Å². The van der Waals surface area contributed by atoms with Crippen LogP contribution in [0.4, 0.5) is 0 Å². The molecule has 0 aliphatic heterocycles. The van der Waals surface area contributed by atoms with Crippen molar-refractivity contribution < 1.29 is 0 Å². The molecule has 0 saturated heterocycles. The highest BCUT2D eigenvalue weighted by molar-refractivity contribution is 4.82. The Morgan fingerprint density at radius 3 is 1.71 bits per heavy atom. The summed E-state index contributed by atoms with van der Waals surface area (Å²) in [6, 6.07) is 0. The standard InChI is InChI=1S/C17H32/c1-15-13-14-16-11-9-7-5-3-2-4-6-8-10-12-17(15)16/h15-17H,2-14H2,1H3. The number of hydrogen-bond acceptors (Lipinski definition) is 0. The summed E-state index contributed by atoms with van der Waals surface area (Å²) in [5.74, 6) is 3.23. The van der Waals surface area contributed by atoms with E-state index in [0.717, 1.165) is 17.8 Å². The van der Waals surface area contributed by atoms with Gasteiger partial charge < -0.3 is 0 Å². The van der Waals surface area contributed by atoms with Gasteiger partial charge in [-0.05, 0) is 30.6 Å². The topological polar surface area (TPSA) is 0 Å². The van der Waals surface area contributed by atoms with E-state index in [2.05, 4.69) is 6.92 Å². The second kappa shape index (κ2) is 7.44. The van der Waals surface area contributed by atoms with E-state index in [0.29, 0.717) is 0 Å².